The molecule has 3 aromatic rings. The smallest absolute Gasteiger partial charge is 0.410 e. The summed E-state index contributed by atoms with van der Waals surface area (Å²) in [5, 5.41) is 0. The molecule has 4 rings (SSSR count). The number of aryl methyl sites for hydroxylation is 1. The Morgan fingerprint density at radius 1 is 1.00 bits per heavy atom. The van der Waals surface area contributed by atoms with Crippen LogP contribution < -0.4 is 4.74 Å². The van der Waals surface area contributed by atoms with Crippen molar-refractivity contribution in [3.05, 3.63) is 82.9 Å². The molecule has 0 N–H and O–H groups in total. The molecule has 0 unspecified atom stereocenters. The van der Waals surface area contributed by atoms with Crippen LogP contribution in [0.2, 0.25) is 0 Å². The summed E-state index contributed by atoms with van der Waals surface area (Å²) in [4.78, 5) is 41.7. The highest BCUT2D eigenvalue weighted by molar-refractivity contribution is 6.28. The number of fused-ring (bicyclic) bond motifs is 2. The van der Waals surface area contributed by atoms with Gasteiger partial charge in [-0.1, -0.05) is 31.2 Å². The van der Waals surface area contributed by atoms with Crippen molar-refractivity contribution < 1.29 is 19.1 Å². The number of carbonyl (C=O) groups is 3. The van der Waals surface area contributed by atoms with Gasteiger partial charge in [0.1, 0.15) is 11.6 Å². The minimum absolute atomic E-state index is 0.199. The van der Waals surface area contributed by atoms with E-state index in [0.29, 0.717) is 28.9 Å². The molecule has 1 heterocycles. The van der Waals surface area contributed by atoms with Crippen molar-refractivity contribution in [2.75, 3.05) is 0 Å². The number of rotatable bonds is 2. The van der Waals surface area contributed by atoms with Gasteiger partial charge in [-0.15, -0.1) is 0 Å². The van der Waals surface area contributed by atoms with E-state index in [0.717, 1.165) is 0 Å². The van der Waals surface area contributed by atoms with E-state index in [2.05, 4.69) is 4.98 Å². The average molecular weight is 346 g/mol. The summed E-state index contributed by atoms with van der Waals surface area (Å²) in [5.41, 5.74) is 1.29. The number of aromatic nitrogens is 2. The minimum atomic E-state index is -0.616. The van der Waals surface area contributed by atoms with Crippen LogP contribution in [0.25, 0.3) is 0 Å². The van der Waals surface area contributed by atoms with Gasteiger partial charge in [0.15, 0.2) is 11.6 Å². The molecule has 6 heteroatoms. The Kier molecular flexibility index (Phi) is 3.73. The van der Waals surface area contributed by atoms with Crippen molar-refractivity contribution in [2.45, 2.75) is 13.3 Å². The minimum Gasteiger partial charge on any atom is -0.410 e. The Balaban J connectivity index is 1.69. The molecule has 0 amide bonds. The maximum Gasteiger partial charge on any atom is 0.424 e. The molecule has 0 fully saturated rings. The summed E-state index contributed by atoms with van der Waals surface area (Å²) in [6, 6.07) is 11.2. The summed E-state index contributed by atoms with van der Waals surface area (Å²) < 4.78 is 6.67. The summed E-state index contributed by atoms with van der Waals surface area (Å²) in [7, 11) is 0. The van der Waals surface area contributed by atoms with Crippen LogP contribution >= 0.6 is 0 Å². The molecule has 0 spiro atoms. The average Bonchev–Trinajstić information content (AvgIpc) is 3.15. The molecule has 1 aliphatic rings. The van der Waals surface area contributed by atoms with Crippen LogP contribution in [0.3, 0.4) is 0 Å². The fourth-order valence-corrected chi connectivity index (χ4v) is 3.05. The monoisotopic (exact) mass is 346 g/mol. The number of hydrogen-bond donors (Lipinski definition) is 0. The van der Waals surface area contributed by atoms with Gasteiger partial charge in [0.2, 0.25) is 0 Å². The highest BCUT2D eigenvalue weighted by Crippen LogP contribution is 2.29. The molecule has 2 aromatic carbocycles. The number of ketones is 2. The van der Waals surface area contributed by atoms with E-state index in [4.69, 9.17) is 4.74 Å². The van der Waals surface area contributed by atoms with E-state index < -0.39 is 6.09 Å². The van der Waals surface area contributed by atoms with Crippen molar-refractivity contribution in [3.8, 4) is 5.75 Å². The third kappa shape index (κ3) is 2.43. The topological polar surface area (TPSA) is 78.3 Å². The molecule has 0 atom stereocenters. The molecule has 0 aliphatic heterocycles. The predicted molar refractivity (Wildman–Crippen MR) is 92.8 cm³/mol. The van der Waals surface area contributed by atoms with Crippen LogP contribution in [0.15, 0.2) is 54.9 Å². The lowest BCUT2D eigenvalue weighted by molar-refractivity contribution is 0.0979. The third-order valence-corrected chi connectivity index (χ3v) is 4.33. The number of benzene rings is 2. The van der Waals surface area contributed by atoms with Crippen LogP contribution in [0.4, 0.5) is 4.79 Å². The van der Waals surface area contributed by atoms with Crippen LogP contribution in [0.5, 0.6) is 5.75 Å². The molecule has 0 radical (unpaired) electrons. The normalized spacial score (nSPS) is 12.5. The van der Waals surface area contributed by atoms with E-state index in [1.807, 2.05) is 6.92 Å². The van der Waals surface area contributed by atoms with E-state index >= 15 is 0 Å². The zero-order valence-corrected chi connectivity index (χ0v) is 13.9. The second kappa shape index (κ2) is 6.07. The van der Waals surface area contributed by atoms with E-state index in [1.54, 1.807) is 24.3 Å². The quantitative estimate of drug-likeness (QED) is 0.557. The summed E-state index contributed by atoms with van der Waals surface area (Å²) in [6.07, 6.45) is 3.00. The second-order valence-corrected chi connectivity index (χ2v) is 5.85. The molecule has 128 valence electrons. The SMILES string of the molecule is CCc1nccn1C(=O)Oc1ccc2c(c1)C(=O)c1ccccc1C2=O. The van der Waals surface area contributed by atoms with Crippen molar-refractivity contribution >= 4 is 17.7 Å². The van der Waals surface area contributed by atoms with Crippen LogP contribution in [0, 0.1) is 0 Å². The van der Waals surface area contributed by atoms with Gasteiger partial charge in [0, 0.05) is 41.1 Å². The zero-order valence-electron chi connectivity index (χ0n) is 13.9. The summed E-state index contributed by atoms with van der Waals surface area (Å²) >= 11 is 0. The maximum atomic E-state index is 12.7. The Morgan fingerprint density at radius 3 is 2.35 bits per heavy atom. The molecular formula is C20H14N2O4. The van der Waals surface area contributed by atoms with Gasteiger partial charge in [0.05, 0.1) is 0 Å². The molecule has 1 aliphatic carbocycles. The first kappa shape index (κ1) is 16.0. The molecule has 0 bridgehead atoms. The van der Waals surface area contributed by atoms with Gasteiger partial charge >= 0.3 is 6.09 Å². The van der Waals surface area contributed by atoms with Gasteiger partial charge in [-0.3, -0.25) is 9.59 Å². The fraction of sp³-hybridized carbons (Fsp3) is 0.100. The maximum absolute atomic E-state index is 12.7. The lowest BCUT2D eigenvalue weighted by Gasteiger charge is -2.18. The summed E-state index contributed by atoms with van der Waals surface area (Å²) in [6.45, 7) is 1.88. The Labute approximate surface area is 149 Å². The van der Waals surface area contributed by atoms with Gasteiger partial charge in [-0.2, -0.15) is 0 Å². The van der Waals surface area contributed by atoms with Crippen molar-refractivity contribution in [2.24, 2.45) is 0 Å². The Bertz CT molecular complexity index is 1070. The highest BCUT2D eigenvalue weighted by Gasteiger charge is 2.29. The number of hydrogen-bond acceptors (Lipinski definition) is 5. The highest BCUT2D eigenvalue weighted by atomic mass is 16.6. The lowest BCUT2D eigenvalue weighted by atomic mass is 9.84. The summed E-state index contributed by atoms with van der Waals surface area (Å²) in [5.74, 6) is 0.305. The molecule has 1 aromatic heterocycles. The predicted octanol–water partition coefficient (Wildman–Crippen LogP) is 3.27. The molecular weight excluding hydrogens is 332 g/mol. The van der Waals surface area contributed by atoms with Crippen LogP contribution in [-0.4, -0.2) is 27.2 Å². The first-order valence-corrected chi connectivity index (χ1v) is 8.17. The first-order valence-electron chi connectivity index (χ1n) is 8.17. The molecule has 0 saturated heterocycles. The van der Waals surface area contributed by atoms with Gasteiger partial charge in [-0.05, 0) is 18.2 Å². The van der Waals surface area contributed by atoms with Gasteiger partial charge in [0.25, 0.3) is 0 Å². The zero-order chi connectivity index (χ0) is 18.3. The number of ether oxygens (including phenoxy) is 1. The molecule has 6 nitrogen and oxygen atoms in total. The van der Waals surface area contributed by atoms with Crippen molar-refractivity contribution in [1.29, 1.82) is 0 Å². The lowest BCUT2D eigenvalue weighted by Crippen LogP contribution is -2.22. The third-order valence-electron chi connectivity index (χ3n) is 4.33. The van der Waals surface area contributed by atoms with E-state index in [-0.39, 0.29) is 22.9 Å². The van der Waals surface area contributed by atoms with Crippen LogP contribution in [-0.2, 0) is 6.42 Å². The number of imidazole rings is 1. The Hall–Kier alpha value is -3.54. The van der Waals surface area contributed by atoms with E-state index in [1.165, 1.54) is 35.2 Å². The largest absolute Gasteiger partial charge is 0.424 e. The van der Waals surface area contributed by atoms with Gasteiger partial charge in [-0.25, -0.2) is 14.3 Å². The number of nitrogens with zero attached hydrogens (tertiary/aromatic N) is 2. The van der Waals surface area contributed by atoms with Crippen molar-refractivity contribution in [3.63, 3.8) is 0 Å². The second-order valence-electron chi connectivity index (χ2n) is 5.85. The number of carbonyl (C=O) groups excluding carboxylic acids is 3. The molecule has 0 saturated carbocycles. The van der Waals surface area contributed by atoms with Crippen molar-refractivity contribution in [1.82, 2.24) is 9.55 Å². The van der Waals surface area contributed by atoms with Gasteiger partial charge < -0.3 is 4.74 Å². The van der Waals surface area contributed by atoms with E-state index in [9.17, 15) is 14.4 Å². The Morgan fingerprint density at radius 2 is 1.65 bits per heavy atom. The fourth-order valence-electron chi connectivity index (χ4n) is 3.05. The van der Waals surface area contributed by atoms with Crippen LogP contribution in [0.1, 0.15) is 44.6 Å². The molecule has 26 heavy (non-hydrogen) atoms. The standard InChI is InChI=1S/C20H14N2O4/c1-2-17-21-9-10-22(17)20(25)26-12-7-8-15-16(11-12)19(24)14-6-4-3-5-13(14)18(15)23/h3-11H,2H2,1H3. The first-order chi connectivity index (χ1) is 12.6.